The Morgan fingerprint density at radius 2 is 2.09 bits per heavy atom. The Labute approximate surface area is 203 Å². The number of alkyl halides is 2. The van der Waals surface area contributed by atoms with Gasteiger partial charge in [-0.2, -0.15) is 0 Å². The van der Waals surface area contributed by atoms with E-state index in [0.717, 1.165) is 12.8 Å². The smallest absolute Gasteiger partial charge is 0.291 e. The van der Waals surface area contributed by atoms with E-state index in [-0.39, 0.29) is 28.4 Å². The van der Waals surface area contributed by atoms with Gasteiger partial charge in [0.25, 0.3) is 6.43 Å². The number of carbonyl (C=O) groups is 1. The quantitative estimate of drug-likeness (QED) is 0.472. The van der Waals surface area contributed by atoms with Crippen molar-refractivity contribution in [2.75, 3.05) is 18.0 Å². The molecule has 3 aromatic rings. The first-order chi connectivity index (χ1) is 16.5. The number of morpholine rings is 1. The molecule has 0 unspecified atom stereocenters. The summed E-state index contributed by atoms with van der Waals surface area (Å²) >= 11 is 0.678. The number of primary amides is 1. The molecule has 1 amide bonds. The van der Waals surface area contributed by atoms with Gasteiger partial charge in [-0.25, -0.2) is 26.9 Å². The molecule has 3 aromatic heterocycles. The molecule has 35 heavy (non-hydrogen) atoms. The summed E-state index contributed by atoms with van der Waals surface area (Å²) in [6.45, 7) is 4.08. The number of carbonyl (C=O) groups excluding carboxylic acids is 1. The van der Waals surface area contributed by atoms with Gasteiger partial charge in [0, 0.05) is 18.3 Å². The van der Waals surface area contributed by atoms with Crippen molar-refractivity contribution >= 4 is 38.5 Å². The van der Waals surface area contributed by atoms with Crippen LogP contribution in [0.15, 0.2) is 23.4 Å². The maximum Gasteiger partial charge on any atom is 0.291 e. The minimum Gasteiger partial charge on any atom is -0.367 e. The lowest BCUT2D eigenvalue weighted by atomic mass is 10.2. The Morgan fingerprint density at radius 3 is 2.71 bits per heavy atom. The average molecular weight is 528 g/mol. The maximum atomic E-state index is 13.3. The normalized spacial score (nSPS) is 22.1. The van der Waals surface area contributed by atoms with E-state index in [9.17, 15) is 22.0 Å². The lowest BCUT2D eigenvalue weighted by Gasteiger charge is -2.37. The maximum absolute atomic E-state index is 13.3. The van der Waals surface area contributed by atoms with E-state index < -0.39 is 39.0 Å². The van der Waals surface area contributed by atoms with Crippen molar-refractivity contribution < 1.29 is 26.7 Å². The predicted molar refractivity (Wildman–Crippen MR) is 123 cm³/mol. The Hall–Kier alpha value is -2.75. The van der Waals surface area contributed by atoms with Crippen LogP contribution < -0.4 is 15.4 Å². The molecule has 2 fully saturated rings. The summed E-state index contributed by atoms with van der Waals surface area (Å²) < 4.78 is 62.6. The second-order valence-corrected chi connectivity index (χ2v) is 11.7. The molecule has 11 nitrogen and oxygen atoms in total. The highest BCUT2D eigenvalue weighted by Crippen LogP contribution is 2.38. The number of ether oxygens (including phenoxy) is 1. The highest BCUT2D eigenvalue weighted by molar-refractivity contribution is 7.89. The van der Waals surface area contributed by atoms with Crippen molar-refractivity contribution in [3.63, 3.8) is 0 Å². The van der Waals surface area contributed by atoms with Crippen molar-refractivity contribution in [1.82, 2.24) is 24.3 Å². The summed E-state index contributed by atoms with van der Waals surface area (Å²) in [4.78, 5) is 18.0. The average Bonchev–Trinajstić information content (AvgIpc) is 3.17. The van der Waals surface area contributed by atoms with E-state index >= 15 is 0 Å². The first-order valence-electron chi connectivity index (χ1n) is 10.8. The fraction of sp³-hybridized carbons (Fsp3) is 0.500. The molecule has 1 aliphatic heterocycles. The molecule has 1 saturated carbocycles. The van der Waals surface area contributed by atoms with Crippen LogP contribution >= 0.6 is 11.3 Å². The second kappa shape index (κ2) is 8.43. The van der Waals surface area contributed by atoms with E-state index in [1.54, 1.807) is 6.92 Å². The van der Waals surface area contributed by atoms with Gasteiger partial charge in [-0.05, 0) is 32.8 Å². The van der Waals surface area contributed by atoms with Gasteiger partial charge in [0.2, 0.25) is 15.9 Å². The molecule has 188 valence electrons. The van der Waals surface area contributed by atoms with Gasteiger partial charge in [-0.1, -0.05) is 11.3 Å². The lowest BCUT2D eigenvalue weighted by Crippen LogP contribution is -2.51. The second-order valence-electron chi connectivity index (χ2n) is 9.05. The number of imidazole rings is 1. The summed E-state index contributed by atoms with van der Waals surface area (Å²) in [6, 6.07) is 1.51. The number of hydrogen-bond acceptors (Lipinski definition) is 9. The Kier molecular flexibility index (Phi) is 5.77. The highest BCUT2D eigenvalue weighted by Gasteiger charge is 2.42. The molecule has 0 bridgehead atoms. The zero-order chi connectivity index (χ0) is 25.1. The summed E-state index contributed by atoms with van der Waals surface area (Å²) in [7, 11) is -3.94. The number of anilines is 1. The van der Waals surface area contributed by atoms with Gasteiger partial charge in [0.1, 0.15) is 4.90 Å². The number of fused-ring (bicyclic) bond motifs is 1. The van der Waals surface area contributed by atoms with Crippen LogP contribution in [0.1, 0.15) is 38.1 Å². The molecule has 0 aromatic carbocycles. The minimum atomic E-state index is -3.94. The van der Waals surface area contributed by atoms with Gasteiger partial charge in [0.15, 0.2) is 21.9 Å². The van der Waals surface area contributed by atoms with Crippen molar-refractivity contribution in [2.45, 2.75) is 55.8 Å². The van der Waals surface area contributed by atoms with Crippen molar-refractivity contribution in [3.05, 3.63) is 23.5 Å². The van der Waals surface area contributed by atoms with Crippen LogP contribution in [0, 0.1) is 0 Å². The zero-order valence-corrected chi connectivity index (χ0v) is 20.4. The molecule has 1 aliphatic carbocycles. The van der Waals surface area contributed by atoms with Gasteiger partial charge in [-0.15, -0.1) is 10.2 Å². The first kappa shape index (κ1) is 24.0. The number of sulfonamides is 1. The number of pyridine rings is 1. The Balaban J connectivity index is 1.66. The molecule has 0 radical (unpaired) electrons. The van der Waals surface area contributed by atoms with Crippen LogP contribution in [0.4, 0.5) is 14.5 Å². The molecule has 5 rings (SSSR count). The molecule has 2 atom stereocenters. The summed E-state index contributed by atoms with van der Waals surface area (Å²) in [5.41, 5.74) is 5.95. The summed E-state index contributed by atoms with van der Waals surface area (Å²) in [6.07, 6.45) is 0.294. The number of nitrogens with two attached hydrogens (primary N) is 1. The fourth-order valence-electron chi connectivity index (χ4n) is 4.00. The number of nitrogens with zero attached hydrogens (tertiary/aromatic N) is 5. The van der Waals surface area contributed by atoms with Gasteiger partial charge >= 0.3 is 0 Å². The fourth-order valence-corrected chi connectivity index (χ4v) is 6.18. The Morgan fingerprint density at radius 1 is 1.34 bits per heavy atom. The van der Waals surface area contributed by atoms with Crippen LogP contribution in [0.5, 0.6) is 0 Å². The molecule has 15 heteroatoms. The first-order valence-corrected chi connectivity index (χ1v) is 13.1. The zero-order valence-electron chi connectivity index (χ0n) is 18.8. The molecular weight excluding hydrogens is 504 g/mol. The van der Waals surface area contributed by atoms with E-state index in [1.165, 1.54) is 22.9 Å². The molecule has 4 heterocycles. The van der Waals surface area contributed by atoms with Crippen molar-refractivity contribution in [3.8, 4) is 10.8 Å². The number of aromatic nitrogens is 4. The summed E-state index contributed by atoms with van der Waals surface area (Å²) in [5, 5.41) is 7.00. The number of rotatable bonds is 7. The van der Waals surface area contributed by atoms with Gasteiger partial charge < -0.3 is 15.4 Å². The number of halogens is 2. The third-order valence-electron chi connectivity index (χ3n) is 6.02. The standard InChI is InChI=1S/C20H23F2N7O4S2/c1-10-7-28(9-14(33-10)16(23)30)12-5-11(35(31,32)27-20(2)3-4-20)8-29-13(12)6-24-17(29)19-26-25-18(34-19)15(21)22/h5-6,8,10,14-15,27H,3-4,7,9H2,1-2H3,(H2,23,30)/t10-,14+/m0/s1. The summed E-state index contributed by atoms with van der Waals surface area (Å²) in [5.74, 6) is -0.458. The largest absolute Gasteiger partial charge is 0.367 e. The highest BCUT2D eigenvalue weighted by atomic mass is 32.2. The number of nitrogens with one attached hydrogen (secondary N) is 1. The monoisotopic (exact) mass is 527 g/mol. The molecule has 0 spiro atoms. The van der Waals surface area contributed by atoms with E-state index in [2.05, 4.69) is 19.9 Å². The third-order valence-corrected chi connectivity index (χ3v) is 8.55. The van der Waals surface area contributed by atoms with Crippen molar-refractivity contribution in [1.29, 1.82) is 0 Å². The van der Waals surface area contributed by atoms with Crippen LogP contribution in [0.2, 0.25) is 0 Å². The Bertz CT molecular complexity index is 1400. The predicted octanol–water partition coefficient (Wildman–Crippen LogP) is 1.70. The lowest BCUT2D eigenvalue weighted by molar-refractivity contribution is -0.133. The van der Waals surface area contributed by atoms with Crippen molar-refractivity contribution in [2.24, 2.45) is 5.73 Å². The van der Waals surface area contributed by atoms with Crippen LogP contribution in [-0.2, 0) is 19.6 Å². The van der Waals surface area contributed by atoms with E-state index in [1.807, 2.05) is 11.8 Å². The van der Waals surface area contributed by atoms with Gasteiger partial charge in [0.05, 0.1) is 30.0 Å². The van der Waals surface area contributed by atoms with E-state index in [4.69, 9.17) is 10.5 Å². The topological polar surface area (TPSA) is 145 Å². The van der Waals surface area contributed by atoms with Crippen LogP contribution in [0.25, 0.3) is 16.3 Å². The molecule has 3 N–H and O–H groups in total. The minimum absolute atomic E-state index is 0.0410. The van der Waals surface area contributed by atoms with Gasteiger partial charge in [-0.3, -0.25) is 9.20 Å². The SMILES string of the molecule is C[C@H]1CN(c2cc(S(=O)(=O)NC3(C)CC3)cn3c(-c4nnc(C(F)F)s4)ncc23)C[C@H](C(N)=O)O1. The molecular formula is C20H23F2N7O4S2. The van der Waals surface area contributed by atoms with Crippen LogP contribution in [-0.4, -0.2) is 64.7 Å². The van der Waals surface area contributed by atoms with Crippen LogP contribution in [0.3, 0.4) is 0 Å². The van der Waals surface area contributed by atoms with E-state index in [0.29, 0.717) is 29.1 Å². The number of hydrogen-bond donors (Lipinski definition) is 2. The number of amides is 1. The third kappa shape index (κ3) is 4.60. The molecule has 2 aliphatic rings. The molecule has 1 saturated heterocycles.